The summed E-state index contributed by atoms with van der Waals surface area (Å²) in [5.41, 5.74) is 2.77. The molecule has 0 bridgehead atoms. The van der Waals surface area contributed by atoms with Crippen LogP contribution in [0.3, 0.4) is 0 Å². The number of hydrogen-bond donors (Lipinski definition) is 2. The fourth-order valence-electron chi connectivity index (χ4n) is 2.22. The third-order valence-electron chi connectivity index (χ3n) is 3.02. The van der Waals surface area contributed by atoms with Crippen molar-refractivity contribution in [3.63, 3.8) is 0 Å². The van der Waals surface area contributed by atoms with E-state index in [4.69, 9.17) is 6.42 Å². The number of aromatic amines is 1. The van der Waals surface area contributed by atoms with E-state index < -0.39 is 0 Å². The van der Waals surface area contributed by atoms with Crippen LogP contribution in [-0.4, -0.2) is 23.2 Å². The Morgan fingerprint density at radius 2 is 2.29 bits per heavy atom. The van der Waals surface area contributed by atoms with Crippen molar-refractivity contribution >= 4 is 11.7 Å². The summed E-state index contributed by atoms with van der Waals surface area (Å²) in [6.45, 7) is 1.99. The van der Waals surface area contributed by atoms with Crippen LogP contribution in [0.25, 0.3) is 0 Å². The van der Waals surface area contributed by atoms with Gasteiger partial charge in [-0.2, -0.15) is 0 Å². The molecule has 1 aliphatic rings. The second-order valence-corrected chi connectivity index (χ2v) is 4.14. The molecule has 1 aromatic heterocycles. The van der Waals surface area contributed by atoms with Crippen molar-refractivity contribution in [1.82, 2.24) is 10.3 Å². The van der Waals surface area contributed by atoms with E-state index in [1.54, 1.807) is 6.92 Å². The number of ketones is 1. The van der Waals surface area contributed by atoms with Crippen LogP contribution in [0, 0.1) is 19.3 Å². The van der Waals surface area contributed by atoms with Gasteiger partial charge in [0.05, 0.1) is 6.54 Å². The van der Waals surface area contributed by atoms with Crippen molar-refractivity contribution in [3.8, 4) is 12.3 Å². The van der Waals surface area contributed by atoms with Crippen LogP contribution >= 0.6 is 0 Å². The van der Waals surface area contributed by atoms with E-state index in [2.05, 4.69) is 16.2 Å². The van der Waals surface area contributed by atoms with Crippen LogP contribution in [0.15, 0.2) is 0 Å². The van der Waals surface area contributed by atoms with Crippen molar-refractivity contribution in [2.45, 2.75) is 26.2 Å². The minimum atomic E-state index is -0.248. The number of aryl methyl sites for hydroxylation is 1. The quantitative estimate of drug-likeness (QED) is 0.750. The summed E-state index contributed by atoms with van der Waals surface area (Å²) in [6.07, 6.45) is 7.32. The van der Waals surface area contributed by atoms with Crippen LogP contribution in [-0.2, 0) is 6.42 Å². The van der Waals surface area contributed by atoms with E-state index in [0.717, 1.165) is 24.1 Å². The first-order valence-corrected chi connectivity index (χ1v) is 5.61. The lowest BCUT2D eigenvalue weighted by atomic mass is 9.94. The molecule has 0 spiro atoms. The number of Topliss-reactive ketones (excluding diaryl/α,β-unsaturated/α-hetero) is 1. The highest BCUT2D eigenvalue weighted by molar-refractivity contribution is 6.04. The highest BCUT2D eigenvalue weighted by atomic mass is 16.2. The first kappa shape index (κ1) is 11.5. The zero-order chi connectivity index (χ0) is 12.4. The minimum absolute atomic E-state index is 0.121. The molecule has 0 saturated carbocycles. The zero-order valence-electron chi connectivity index (χ0n) is 9.72. The molecule has 1 aliphatic carbocycles. The van der Waals surface area contributed by atoms with Gasteiger partial charge in [0.15, 0.2) is 5.78 Å². The van der Waals surface area contributed by atoms with Crippen molar-refractivity contribution in [2.75, 3.05) is 6.54 Å². The highest BCUT2D eigenvalue weighted by Gasteiger charge is 2.25. The van der Waals surface area contributed by atoms with Gasteiger partial charge in [0, 0.05) is 17.7 Å². The standard InChI is InChI=1S/C13H14N2O2/c1-3-7-14-13(17)12-8(2)11-9(15-12)5-4-6-10(11)16/h1,15H,4-7H2,2H3,(H,14,17). The molecule has 1 amide bonds. The number of rotatable bonds is 2. The fourth-order valence-corrected chi connectivity index (χ4v) is 2.22. The Hall–Kier alpha value is -2.02. The van der Waals surface area contributed by atoms with E-state index in [-0.39, 0.29) is 18.2 Å². The Balaban J connectivity index is 2.35. The van der Waals surface area contributed by atoms with Crippen LogP contribution < -0.4 is 5.32 Å². The van der Waals surface area contributed by atoms with E-state index >= 15 is 0 Å². The van der Waals surface area contributed by atoms with Crippen molar-refractivity contribution in [2.24, 2.45) is 0 Å². The zero-order valence-corrected chi connectivity index (χ0v) is 9.72. The second kappa shape index (κ2) is 4.46. The minimum Gasteiger partial charge on any atom is -0.354 e. The summed E-state index contributed by atoms with van der Waals surface area (Å²) in [6, 6.07) is 0. The number of nitrogens with one attached hydrogen (secondary N) is 2. The molecule has 88 valence electrons. The largest absolute Gasteiger partial charge is 0.354 e. The molecule has 4 heteroatoms. The number of hydrogen-bond acceptors (Lipinski definition) is 2. The van der Waals surface area contributed by atoms with E-state index in [0.29, 0.717) is 17.7 Å². The number of carbonyl (C=O) groups excluding carboxylic acids is 2. The van der Waals surface area contributed by atoms with Crippen LogP contribution in [0.4, 0.5) is 0 Å². The van der Waals surface area contributed by atoms with E-state index in [1.165, 1.54) is 0 Å². The van der Waals surface area contributed by atoms with Gasteiger partial charge in [-0.05, 0) is 25.3 Å². The number of H-pyrrole nitrogens is 1. The van der Waals surface area contributed by atoms with Gasteiger partial charge in [-0.15, -0.1) is 6.42 Å². The molecule has 0 radical (unpaired) electrons. The molecule has 0 fully saturated rings. The summed E-state index contributed by atoms with van der Waals surface area (Å²) in [7, 11) is 0. The summed E-state index contributed by atoms with van der Waals surface area (Å²) in [5.74, 6) is 2.22. The van der Waals surface area contributed by atoms with Crippen LogP contribution in [0.1, 0.15) is 44.9 Å². The summed E-state index contributed by atoms with van der Waals surface area (Å²) in [5, 5.41) is 2.60. The first-order valence-electron chi connectivity index (χ1n) is 5.61. The van der Waals surface area contributed by atoms with Gasteiger partial charge in [-0.1, -0.05) is 5.92 Å². The molecule has 0 aliphatic heterocycles. The maximum Gasteiger partial charge on any atom is 0.268 e. The number of amides is 1. The van der Waals surface area contributed by atoms with Crippen molar-refractivity contribution in [3.05, 3.63) is 22.5 Å². The predicted octanol–water partition coefficient (Wildman–Crippen LogP) is 1.21. The number of terminal acetylenes is 1. The molecule has 1 heterocycles. The molecule has 0 aromatic carbocycles. The van der Waals surface area contributed by atoms with Crippen LogP contribution in [0.2, 0.25) is 0 Å². The second-order valence-electron chi connectivity index (χ2n) is 4.14. The first-order chi connectivity index (χ1) is 8.15. The molecule has 4 nitrogen and oxygen atoms in total. The van der Waals surface area contributed by atoms with E-state index in [9.17, 15) is 9.59 Å². The van der Waals surface area contributed by atoms with Crippen molar-refractivity contribution < 1.29 is 9.59 Å². The lowest BCUT2D eigenvalue weighted by Gasteiger charge is -2.09. The Kier molecular flexibility index (Phi) is 3.01. The van der Waals surface area contributed by atoms with Gasteiger partial charge in [0.1, 0.15) is 5.69 Å². The highest BCUT2D eigenvalue weighted by Crippen LogP contribution is 2.26. The predicted molar refractivity (Wildman–Crippen MR) is 64.0 cm³/mol. The molecule has 2 N–H and O–H groups in total. The average molecular weight is 230 g/mol. The Morgan fingerprint density at radius 1 is 1.53 bits per heavy atom. The van der Waals surface area contributed by atoms with Gasteiger partial charge < -0.3 is 10.3 Å². The summed E-state index contributed by atoms with van der Waals surface area (Å²) >= 11 is 0. The monoisotopic (exact) mass is 230 g/mol. The van der Waals surface area contributed by atoms with Gasteiger partial charge in [0.2, 0.25) is 0 Å². The number of aromatic nitrogens is 1. The Bertz CT molecular complexity index is 520. The van der Waals surface area contributed by atoms with Gasteiger partial charge >= 0.3 is 0 Å². The normalized spacial score (nSPS) is 14.0. The third kappa shape index (κ3) is 1.96. The molecular weight excluding hydrogens is 216 g/mol. The maximum absolute atomic E-state index is 11.8. The molecule has 0 unspecified atom stereocenters. The van der Waals surface area contributed by atoms with Gasteiger partial charge in [-0.25, -0.2) is 0 Å². The molecular formula is C13H14N2O2. The molecule has 0 saturated heterocycles. The molecule has 0 atom stereocenters. The summed E-state index contributed by atoms with van der Waals surface area (Å²) in [4.78, 5) is 26.6. The lowest BCUT2D eigenvalue weighted by Crippen LogP contribution is -2.24. The van der Waals surface area contributed by atoms with Gasteiger partial charge in [-0.3, -0.25) is 9.59 Å². The smallest absolute Gasteiger partial charge is 0.268 e. The van der Waals surface area contributed by atoms with Crippen LogP contribution in [0.5, 0.6) is 0 Å². The third-order valence-corrected chi connectivity index (χ3v) is 3.02. The van der Waals surface area contributed by atoms with E-state index in [1.807, 2.05) is 0 Å². The Morgan fingerprint density at radius 3 is 2.94 bits per heavy atom. The SMILES string of the molecule is C#CCNC(=O)c1[nH]c2c(c1C)C(=O)CCC2. The van der Waals surface area contributed by atoms with Crippen molar-refractivity contribution in [1.29, 1.82) is 0 Å². The molecule has 1 aromatic rings. The van der Waals surface area contributed by atoms with Gasteiger partial charge in [0.25, 0.3) is 5.91 Å². The summed E-state index contributed by atoms with van der Waals surface area (Å²) < 4.78 is 0. The number of fused-ring (bicyclic) bond motifs is 1. The number of carbonyl (C=O) groups is 2. The maximum atomic E-state index is 11.8. The fraction of sp³-hybridized carbons (Fsp3) is 0.385. The Labute approximate surface area is 99.8 Å². The topological polar surface area (TPSA) is 62.0 Å². The lowest BCUT2D eigenvalue weighted by molar-refractivity contribution is 0.0952. The average Bonchev–Trinajstić information content (AvgIpc) is 2.65. The molecule has 2 rings (SSSR count). The molecule has 17 heavy (non-hydrogen) atoms.